The van der Waals surface area contributed by atoms with Crippen molar-refractivity contribution >= 4 is 11.3 Å². The molecule has 0 radical (unpaired) electrons. The summed E-state index contributed by atoms with van der Waals surface area (Å²) in [6.45, 7) is 2.51. The minimum absolute atomic E-state index is 0.298. The lowest BCUT2D eigenvalue weighted by molar-refractivity contribution is 0.241. The number of anilines is 1. The van der Waals surface area contributed by atoms with Gasteiger partial charge in [0.1, 0.15) is 0 Å². The van der Waals surface area contributed by atoms with Crippen LogP contribution in [-0.4, -0.2) is 23.0 Å². The number of rotatable bonds is 6. The maximum Gasteiger partial charge on any atom is 0.0629 e. The second-order valence-corrected chi connectivity index (χ2v) is 17.8. The zero-order valence-corrected chi connectivity index (χ0v) is 33.2. The van der Waals surface area contributed by atoms with Gasteiger partial charge in [0.25, 0.3) is 0 Å². The summed E-state index contributed by atoms with van der Waals surface area (Å²) in [5, 5.41) is 0. The average Bonchev–Trinajstić information content (AvgIpc) is 3.79. The van der Waals surface area contributed by atoms with E-state index in [9.17, 15) is 0 Å². The Labute approximate surface area is 340 Å². The molecule has 0 N–H and O–H groups in total. The number of likely N-dealkylation sites (tertiary alicyclic amines) is 1. The van der Waals surface area contributed by atoms with Crippen LogP contribution >= 0.6 is 0 Å². The van der Waals surface area contributed by atoms with Gasteiger partial charge in [-0.3, -0.25) is 0 Å². The highest BCUT2D eigenvalue weighted by Crippen LogP contribution is 2.55. The van der Waals surface area contributed by atoms with E-state index in [2.05, 4.69) is 193 Å². The summed E-state index contributed by atoms with van der Waals surface area (Å²) in [6.07, 6.45) is 57.6. The van der Waals surface area contributed by atoms with Gasteiger partial charge in [0.2, 0.25) is 0 Å². The van der Waals surface area contributed by atoms with Crippen molar-refractivity contribution in [2.24, 2.45) is 29.6 Å². The lowest BCUT2D eigenvalue weighted by Crippen LogP contribution is -2.39. The predicted molar refractivity (Wildman–Crippen MR) is 238 cm³/mol. The van der Waals surface area contributed by atoms with Crippen molar-refractivity contribution in [3.05, 3.63) is 215 Å². The molecule has 1 fully saturated rings. The molecule has 9 aliphatic rings. The topological polar surface area (TPSA) is 6.48 Å². The van der Waals surface area contributed by atoms with Gasteiger partial charge in [-0.25, -0.2) is 0 Å². The number of hydrogen-bond donors (Lipinski definition) is 0. The molecule has 2 nitrogen and oxygen atoms in total. The quantitative estimate of drug-likeness (QED) is 0.291. The third kappa shape index (κ3) is 6.06. The summed E-state index contributed by atoms with van der Waals surface area (Å²) in [6, 6.07) is 19.5. The van der Waals surface area contributed by atoms with E-state index in [0.717, 1.165) is 38.5 Å². The standard InChI is InChI=1S/C55H54N2/c1-37-32-54-51(47-23-12-13-26-52(47)56(54)45-34-42(39-18-7-3-8-19-39)33-43(35-45)40-20-9-4-10-21-40)36-50(37)49-25-15-24-48-46-22-11-14-27-53(46)57(55(48)49)44-30-28-41(29-31-44)38-16-5-2-6-17-38/h2-3,5-9,11-16,18-28,30-31,34-38,41-42,46-47,51-54H,4,10,17,29,32-33H2,1H3. The zero-order chi connectivity index (χ0) is 37.9. The maximum atomic E-state index is 2.86. The second-order valence-electron chi connectivity index (χ2n) is 17.8. The van der Waals surface area contributed by atoms with Crippen molar-refractivity contribution in [3.63, 3.8) is 0 Å². The Morgan fingerprint density at radius 3 is 2.32 bits per heavy atom. The number of benzene rings is 2. The Morgan fingerprint density at radius 1 is 0.649 bits per heavy atom. The summed E-state index contributed by atoms with van der Waals surface area (Å²) in [7, 11) is 0. The molecule has 2 aliphatic heterocycles. The number of para-hydroxylation sites is 1. The molecule has 2 heteroatoms. The summed E-state index contributed by atoms with van der Waals surface area (Å²) >= 11 is 0. The molecule has 1 saturated heterocycles. The molecule has 11 rings (SSSR count). The molecule has 2 aromatic carbocycles. The van der Waals surface area contributed by atoms with Crippen LogP contribution in [0, 0.1) is 29.6 Å². The van der Waals surface area contributed by atoms with Crippen LogP contribution in [0.2, 0.25) is 0 Å². The van der Waals surface area contributed by atoms with Crippen LogP contribution < -0.4 is 4.90 Å². The molecule has 10 atom stereocenters. The molecule has 10 unspecified atom stereocenters. The number of nitrogens with zero attached hydrogens (tertiary/aromatic N) is 2. The highest BCUT2D eigenvalue weighted by Gasteiger charge is 2.50. The fraction of sp³-hybridized carbons (Fsp3) is 0.309. The maximum absolute atomic E-state index is 2.86. The van der Waals surface area contributed by atoms with Gasteiger partial charge >= 0.3 is 0 Å². The van der Waals surface area contributed by atoms with Crippen LogP contribution in [-0.2, 0) is 0 Å². The first kappa shape index (κ1) is 34.9. The van der Waals surface area contributed by atoms with Crippen LogP contribution in [0.3, 0.4) is 0 Å². The van der Waals surface area contributed by atoms with E-state index in [-0.39, 0.29) is 0 Å². The third-order valence-electron chi connectivity index (χ3n) is 14.6. The van der Waals surface area contributed by atoms with E-state index in [0.29, 0.717) is 59.6 Å². The molecule has 0 aromatic heterocycles. The molecule has 0 spiro atoms. The third-order valence-corrected chi connectivity index (χ3v) is 14.6. The Hall–Kier alpha value is -5.34. The monoisotopic (exact) mass is 742 g/mol. The van der Waals surface area contributed by atoms with Crippen LogP contribution in [0.4, 0.5) is 5.69 Å². The van der Waals surface area contributed by atoms with Crippen LogP contribution in [0.5, 0.6) is 0 Å². The molecular weight excluding hydrogens is 689 g/mol. The summed E-state index contributed by atoms with van der Waals surface area (Å²) < 4.78 is 0. The first-order valence-electron chi connectivity index (χ1n) is 21.9. The van der Waals surface area contributed by atoms with E-state index < -0.39 is 0 Å². The van der Waals surface area contributed by atoms with Gasteiger partial charge in [-0.1, -0.05) is 171 Å². The van der Waals surface area contributed by atoms with Gasteiger partial charge in [0.05, 0.1) is 17.8 Å². The lowest BCUT2D eigenvalue weighted by atomic mass is 9.73. The van der Waals surface area contributed by atoms with Crippen molar-refractivity contribution in [1.82, 2.24) is 4.90 Å². The first-order valence-corrected chi connectivity index (χ1v) is 21.9. The molecule has 284 valence electrons. The van der Waals surface area contributed by atoms with Crippen molar-refractivity contribution < 1.29 is 0 Å². The average molecular weight is 743 g/mol. The molecule has 2 heterocycles. The van der Waals surface area contributed by atoms with E-state index in [4.69, 9.17) is 0 Å². The number of allylic oxidation sites excluding steroid dienone is 19. The Morgan fingerprint density at radius 2 is 1.49 bits per heavy atom. The minimum atomic E-state index is 0.298. The first-order chi connectivity index (χ1) is 28.2. The number of fused-ring (bicyclic) bond motifs is 6. The van der Waals surface area contributed by atoms with E-state index in [1.807, 2.05) is 0 Å². The molecule has 7 aliphatic carbocycles. The van der Waals surface area contributed by atoms with Gasteiger partial charge in [-0.2, -0.15) is 0 Å². The number of hydrogen-bond acceptors (Lipinski definition) is 2. The fourth-order valence-corrected chi connectivity index (χ4v) is 11.8. The normalized spacial score (nSPS) is 34.2. The van der Waals surface area contributed by atoms with Gasteiger partial charge in [-0.15, -0.1) is 0 Å². The Bertz CT molecular complexity index is 2340. The summed E-state index contributed by atoms with van der Waals surface area (Å²) in [4.78, 5) is 5.57. The van der Waals surface area contributed by atoms with E-state index >= 15 is 0 Å². The van der Waals surface area contributed by atoms with E-state index in [1.54, 1.807) is 5.57 Å². The Kier molecular flexibility index (Phi) is 8.90. The van der Waals surface area contributed by atoms with Crippen LogP contribution in [0.25, 0.3) is 5.57 Å². The Balaban J connectivity index is 0.975. The van der Waals surface area contributed by atoms with Crippen LogP contribution in [0.15, 0.2) is 199 Å². The molecule has 0 bridgehead atoms. The minimum Gasteiger partial charge on any atom is -0.361 e. The van der Waals surface area contributed by atoms with Gasteiger partial charge < -0.3 is 9.80 Å². The largest absolute Gasteiger partial charge is 0.361 e. The van der Waals surface area contributed by atoms with Crippen molar-refractivity contribution in [3.8, 4) is 0 Å². The molecule has 57 heavy (non-hydrogen) atoms. The van der Waals surface area contributed by atoms with Gasteiger partial charge in [0.15, 0.2) is 0 Å². The summed E-state index contributed by atoms with van der Waals surface area (Å²) in [5.74, 6) is 3.18. The van der Waals surface area contributed by atoms with Crippen molar-refractivity contribution in [1.29, 1.82) is 0 Å². The predicted octanol–water partition coefficient (Wildman–Crippen LogP) is 12.8. The van der Waals surface area contributed by atoms with Crippen molar-refractivity contribution in [2.45, 2.75) is 75.4 Å². The van der Waals surface area contributed by atoms with Gasteiger partial charge in [0, 0.05) is 46.7 Å². The summed E-state index contributed by atoms with van der Waals surface area (Å²) in [5.41, 5.74) is 13.0. The molecule has 0 amide bonds. The highest BCUT2D eigenvalue weighted by molar-refractivity contribution is 5.86. The van der Waals surface area contributed by atoms with Crippen LogP contribution in [0.1, 0.15) is 74.0 Å². The SMILES string of the molecule is CC1CC2C(C=C1c1cccc3c1N(C1=CCC(C4C=CC=CC4)C=C1)C1C=CC=CC31)C1C=CC=CC1N2C1=CC(c2ccccc2)CC(C2=CCCC=C2)=C1. The molecule has 2 aromatic rings. The fourth-order valence-electron chi connectivity index (χ4n) is 11.8. The van der Waals surface area contributed by atoms with E-state index in [1.165, 1.54) is 44.9 Å². The van der Waals surface area contributed by atoms with Gasteiger partial charge in [-0.05, 0) is 96.3 Å². The smallest absolute Gasteiger partial charge is 0.0629 e. The second kappa shape index (κ2) is 14.6. The molecule has 0 saturated carbocycles. The van der Waals surface area contributed by atoms with Crippen molar-refractivity contribution in [2.75, 3.05) is 4.90 Å². The highest BCUT2D eigenvalue weighted by atomic mass is 15.2. The lowest BCUT2D eigenvalue weighted by Gasteiger charge is -2.40. The molecular formula is C55H54N2. The zero-order valence-electron chi connectivity index (χ0n) is 33.2.